The fourth-order valence-corrected chi connectivity index (χ4v) is 4.63. The molecule has 0 spiro atoms. The van der Waals surface area contributed by atoms with E-state index in [0.717, 1.165) is 30.6 Å². The number of benzene rings is 1. The van der Waals surface area contributed by atoms with E-state index in [1.165, 1.54) is 6.92 Å². The highest BCUT2D eigenvalue weighted by Crippen LogP contribution is 2.30. The van der Waals surface area contributed by atoms with E-state index in [2.05, 4.69) is 17.0 Å². The van der Waals surface area contributed by atoms with Gasteiger partial charge in [0.15, 0.2) is 0 Å². The minimum Gasteiger partial charge on any atom is -0.315 e. The first kappa shape index (κ1) is 16.4. The Morgan fingerprint density at radius 3 is 2.87 bits per heavy atom. The molecule has 1 fully saturated rings. The second-order valence-electron chi connectivity index (χ2n) is 6.41. The van der Waals surface area contributed by atoms with Gasteiger partial charge < -0.3 is 10.2 Å². The number of carbonyl (C=O) groups excluding carboxylic acids is 1. The van der Waals surface area contributed by atoms with Crippen LogP contribution in [0.3, 0.4) is 0 Å². The highest BCUT2D eigenvalue weighted by molar-refractivity contribution is 7.89. The molecule has 1 aromatic rings. The first-order valence-electron chi connectivity index (χ1n) is 8.02. The second-order valence-corrected chi connectivity index (χ2v) is 8.12. The molecule has 0 radical (unpaired) electrons. The van der Waals surface area contributed by atoms with Gasteiger partial charge in [-0.15, -0.1) is 0 Å². The van der Waals surface area contributed by atoms with E-state index < -0.39 is 10.0 Å². The van der Waals surface area contributed by atoms with E-state index in [-0.39, 0.29) is 16.8 Å². The molecular formula is C16H23N3O3S. The summed E-state index contributed by atoms with van der Waals surface area (Å²) in [6.45, 7) is 5.75. The molecule has 0 aromatic heterocycles. The molecule has 2 unspecified atom stereocenters. The van der Waals surface area contributed by atoms with Crippen LogP contribution in [0.25, 0.3) is 0 Å². The molecule has 0 aliphatic carbocycles. The van der Waals surface area contributed by atoms with Crippen molar-refractivity contribution in [3.05, 3.63) is 23.8 Å². The molecule has 1 aromatic carbocycles. The molecule has 2 atom stereocenters. The number of hydrogen-bond donors (Lipinski definition) is 2. The standard InChI is InChI=1S/C16H23N3O3S/c1-11-5-7-17-10-15(11)18-23(21,22)14-4-3-13-6-8-19(12(2)20)16(13)9-14/h3-4,9,11,15,17-18H,5-8,10H2,1-2H3. The number of anilines is 1. The van der Waals surface area contributed by atoms with Crippen molar-refractivity contribution in [3.63, 3.8) is 0 Å². The maximum Gasteiger partial charge on any atom is 0.240 e. The van der Waals surface area contributed by atoms with Gasteiger partial charge in [0, 0.05) is 31.7 Å². The zero-order chi connectivity index (χ0) is 16.6. The van der Waals surface area contributed by atoms with E-state index in [1.807, 2.05) is 6.07 Å². The molecule has 2 aliphatic rings. The van der Waals surface area contributed by atoms with Crippen molar-refractivity contribution < 1.29 is 13.2 Å². The van der Waals surface area contributed by atoms with E-state index in [0.29, 0.717) is 19.0 Å². The smallest absolute Gasteiger partial charge is 0.240 e. The number of piperidine rings is 1. The Balaban J connectivity index is 1.86. The lowest BCUT2D eigenvalue weighted by Crippen LogP contribution is -2.50. The van der Waals surface area contributed by atoms with Gasteiger partial charge in [-0.05, 0) is 43.0 Å². The summed E-state index contributed by atoms with van der Waals surface area (Å²) in [6, 6.07) is 4.96. The molecule has 3 rings (SSSR count). The molecule has 0 saturated carbocycles. The Morgan fingerprint density at radius 2 is 2.17 bits per heavy atom. The molecular weight excluding hydrogens is 314 g/mol. The SMILES string of the molecule is CC(=O)N1CCc2ccc(S(=O)(=O)NC3CNCCC3C)cc21. The first-order valence-corrected chi connectivity index (χ1v) is 9.51. The average molecular weight is 337 g/mol. The summed E-state index contributed by atoms with van der Waals surface area (Å²) in [6.07, 6.45) is 1.72. The Bertz CT molecular complexity index is 717. The summed E-state index contributed by atoms with van der Waals surface area (Å²) >= 11 is 0. The third kappa shape index (κ3) is 3.27. The third-order valence-electron chi connectivity index (χ3n) is 4.78. The van der Waals surface area contributed by atoms with Crippen molar-refractivity contribution in [1.82, 2.24) is 10.0 Å². The van der Waals surface area contributed by atoms with Gasteiger partial charge >= 0.3 is 0 Å². The van der Waals surface area contributed by atoms with Crippen LogP contribution in [-0.4, -0.2) is 40.0 Å². The number of hydrogen-bond acceptors (Lipinski definition) is 4. The molecule has 0 bridgehead atoms. The topological polar surface area (TPSA) is 78.5 Å². The molecule has 2 N–H and O–H groups in total. The van der Waals surface area contributed by atoms with Crippen LogP contribution in [0.15, 0.2) is 23.1 Å². The van der Waals surface area contributed by atoms with Crippen LogP contribution in [0.4, 0.5) is 5.69 Å². The molecule has 126 valence electrons. The molecule has 1 saturated heterocycles. The van der Waals surface area contributed by atoms with E-state index in [1.54, 1.807) is 17.0 Å². The lowest BCUT2D eigenvalue weighted by Gasteiger charge is -2.30. The molecule has 23 heavy (non-hydrogen) atoms. The minimum absolute atomic E-state index is 0.0589. The fraction of sp³-hybridized carbons (Fsp3) is 0.562. The predicted octanol–water partition coefficient (Wildman–Crippen LogP) is 0.872. The molecule has 2 heterocycles. The molecule has 7 heteroatoms. The highest BCUT2D eigenvalue weighted by atomic mass is 32.2. The van der Waals surface area contributed by atoms with Crippen molar-refractivity contribution >= 4 is 21.6 Å². The van der Waals surface area contributed by atoms with Crippen LogP contribution >= 0.6 is 0 Å². The van der Waals surface area contributed by atoms with Gasteiger partial charge in [0.2, 0.25) is 15.9 Å². The van der Waals surface area contributed by atoms with Gasteiger partial charge in [0.1, 0.15) is 0 Å². The predicted molar refractivity (Wildman–Crippen MR) is 88.9 cm³/mol. The van der Waals surface area contributed by atoms with Crippen LogP contribution in [0, 0.1) is 5.92 Å². The molecule has 2 aliphatic heterocycles. The Kier molecular flexibility index (Phi) is 4.44. The number of carbonyl (C=O) groups is 1. The third-order valence-corrected chi connectivity index (χ3v) is 6.26. The number of rotatable bonds is 3. The van der Waals surface area contributed by atoms with Crippen molar-refractivity contribution in [1.29, 1.82) is 0 Å². The Labute approximate surface area is 137 Å². The van der Waals surface area contributed by atoms with E-state index in [4.69, 9.17) is 0 Å². The van der Waals surface area contributed by atoms with Crippen LogP contribution < -0.4 is 14.9 Å². The second kappa shape index (κ2) is 6.22. The number of nitrogens with zero attached hydrogens (tertiary/aromatic N) is 1. The number of nitrogens with one attached hydrogen (secondary N) is 2. The minimum atomic E-state index is -3.59. The van der Waals surface area contributed by atoms with Crippen molar-refractivity contribution in [2.45, 2.75) is 37.6 Å². The first-order chi connectivity index (χ1) is 10.9. The Morgan fingerprint density at radius 1 is 1.39 bits per heavy atom. The monoisotopic (exact) mass is 337 g/mol. The lowest BCUT2D eigenvalue weighted by atomic mass is 9.96. The Hall–Kier alpha value is -1.44. The van der Waals surface area contributed by atoms with Crippen LogP contribution in [0.1, 0.15) is 25.8 Å². The molecule has 1 amide bonds. The number of sulfonamides is 1. The summed E-state index contributed by atoms with van der Waals surface area (Å²) in [4.78, 5) is 13.5. The van der Waals surface area contributed by atoms with Gasteiger partial charge in [-0.2, -0.15) is 0 Å². The summed E-state index contributed by atoms with van der Waals surface area (Å²) in [5, 5.41) is 3.22. The zero-order valence-electron chi connectivity index (χ0n) is 13.5. The van der Waals surface area contributed by atoms with Crippen LogP contribution in [0.5, 0.6) is 0 Å². The summed E-state index contributed by atoms with van der Waals surface area (Å²) in [7, 11) is -3.59. The molecule has 6 nitrogen and oxygen atoms in total. The van der Waals surface area contributed by atoms with E-state index in [9.17, 15) is 13.2 Å². The van der Waals surface area contributed by atoms with Crippen LogP contribution in [-0.2, 0) is 21.2 Å². The number of amides is 1. The average Bonchev–Trinajstić information content (AvgIpc) is 2.92. The maximum atomic E-state index is 12.7. The quantitative estimate of drug-likeness (QED) is 0.858. The van der Waals surface area contributed by atoms with Gasteiger partial charge in [0.05, 0.1) is 4.90 Å². The highest BCUT2D eigenvalue weighted by Gasteiger charge is 2.29. The summed E-state index contributed by atoms with van der Waals surface area (Å²) < 4.78 is 28.2. The van der Waals surface area contributed by atoms with E-state index >= 15 is 0 Å². The number of fused-ring (bicyclic) bond motifs is 1. The lowest BCUT2D eigenvalue weighted by molar-refractivity contribution is -0.116. The van der Waals surface area contributed by atoms with Gasteiger partial charge in [-0.25, -0.2) is 13.1 Å². The van der Waals surface area contributed by atoms with Crippen molar-refractivity contribution in [3.8, 4) is 0 Å². The zero-order valence-corrected chi connectivity index (χ0v) is 14.3. The van der Waals surface area contributed by atoms with Gasteiger partial charge in [-0.1, -0.05) is 13.0 Å². The normalized spacial score (nSPS) is 24.5. The largest absolute Gasteiger partial charge is 0.315 e. The fourth-order valence-electron chi connectivity index (χ4n) is 3.27. The van der Waals surface area contributed by atoms with Crippen molar-refractivity contribution in [2.75, 3.05) is 24.5 Å². The van der Waals surface area contributed by atoms with Crippen molar-refractivity contribution in [2.24, 2.45) is 5.92 Å². The van der Waals surface area contributed by atoms with Crippen LogP contribution in [0.2, 0.25) is 0 Å². The summed E-state index contributed by atoms with van der Waals surface area (Å²) in [5.74, 6) is 0.241. The van der Waals surface area contributed by atoms with Gasteiger partial charge in [-0.3, -0.25) is 4.79 Å². The van der Waals surface area contributed by atoms with Gasteiger partial charge in [0.25, 0.3) is 0 Å². The maximum absolute atomic E-state index is 12.7. The summed E-state index contributed by atoms with van der Waals surface area (Å²) in [5.41, 5.74) is 1.74.